The molecule has 5 heteroatoms. The fourth-order valence-corrected chi connectivity index (χ4v) is 3.94. The van der Waals surface area contributed by atoms with Gasteiger partial charge < -0.3 is 10.4 Å². The fourth-order valence-electron chi connectivity index (χ4n) is 3.94. The predicted molar refractivity (Wildman–Crippen MR) is 101 cm³/mol. The summed E-state index contributed by atoms with van der Waals surface area (Å²) in [6.45, 7) is 5.15. The Hall–Kier alpha value is -1.88. The van der Waals surface area contributed by atoms with Crippen LogP contribution >= 0.6 is 0 Å². The van der Waals surface area contributed by atoms with Gasteiger partial charge in [0.15, 0.2) is 0 Å². The van der Waals surface area contributed by atoms with Crippen molar-refractivity contribution in [2.24, 2.45) is 11.8 Å². The Morgan fingerprint density at radius 1 is 1.19 bits per heavy atom. The van der Waals surface area contributed by atoms with Gasteiger partial charge in [0.25, 0.3) is 0 Å². The standard InChI is InChI=1S/C21H30N2O3/c1-14(2)20(16-6-4-3-5-7-16)21(26)22-17-10-18(11-17)23(13-19(24)25)12-15-8-9-15/h3-7,14-15,17-18,20H,8-13H2,1-2H3,(H,22,26)(H,24,25). The second-order valence-corrected chi connectivity index (χ2v) is 8.23. The van der Waals surface area contributed by atoms with Gasteiger partial charge in [0.1, 0.15) is 0 Å². The molecule has 0 heterocycles. The van der Waals surface area contributed by atoms with Crippen molar-refractivity contribution in [3.8, 4) is 0 Å². The number of carbonyl (C=O) groups excluding carboxylic acids is 1. The Morgan fingerprint density at radius 2 is 1.85 bits per heavy atom. The molecule has 0 saturated heterocycles. The zero-order chi connectivity index (χ0) is 18.7. The third-order valence-corrected chi connectivity index (χ3v) is 5.61. The normalized spacial score (nSPS) is 23.5. The summed E-state index contributed by atoms with van der Waals surface area (Å²) in [4.78, 5) is 26.0. The van der Waals surface area contributed by atoms with E-state index in [0.717, 1.165) is 24.9 Å². The molecule has 0 spiro atoms. The smallest absolute Gasteiger partial charge is 0.317 e. The summed E-state index contributed by atoms with van der Waals surface area (Å²) in [6.07, 6.45) is 4.14. The maximum atomic E-state index is 12.8. The zero-order valence-electron chi connectivity index (χ0n) is 15.7. The summed E-state index contributed by atoms with van der Waals surface area (Å²) < 4.78 is 0. The Morgan fingerprint density at radius 3 is 2.38 bits per heavy atom. The van der Waals surface area contributed by atoms with Crippen LogP contribution in [0.25, 0.3) is 0 Å². The molecule has 0 bridgehead atoms. The lowest BCUT2D eigenvalue weighted by Gasteiger charge is -2.43. The van der Waals surface area contributed by atoms with Crippen LogP contribution in [0.1, 0.15) is 51.0 Å². The molecule has 3 rings (SSSR count). The fraction of sp³-hybridized carbons (Fsp3) is 0.619. The lowest BCUT2D eigenvalue weighted by Crippen LogP contribution is -2.56. The summed E-state index contributed by atoms with van der Waals surface area (Å²) in [6, 6.07) is 10.4. The van der Waals surface area contributed by atoms with Crippen molar-refractivity contribution in [3.05, 3.63) is 35.9 Å². The van der Waals surface area contributed by atoms with E-state index in [1.165, 1.54) is 12.8 Å². The van der Waals surface area contributed by atoms with Gasteiger partial charge in [-0.2, -0.15) is 0 Å². The predicted octanol–water partition coefficient (Wildman–Crippen LogP) is 2.87. The average Bonchev–Trinajstić information content (AvgIpc) is 3.34. The molecule has 2 aliphatic rings. The van der Waals surface area contributed by atoms with E-state index in [-0.39, 0.29) is 36.4 Å². The van der Waals surface area contributed by atoms with Crippen LogP contribution in [0, 0.1) is 11.8 Å². The third kappa shape index (κ3) is 4.85. The van der Waals surface area contributed by atoms with Crippen molar-refractivity contribution < 1.29 is 14.7 Å². The summed E-state index contributed by atoms with van der Waals surface area (Å²) in [5.41, 5.74) is 1.05. The first-order valence-corrected chi connectivity index (χ1v) is 9.75. The topological polar surface area (TPSA) is 69.6 Å². The van der Waals surface area contributed by atoms with E-state index in [1.54, 1.807) is 0 Å². The molecule has 0 aromatic heterocycles. The maximum absolute atomic E-state index is 12.8. The highest BCUT2D eigenvalue weighted by atomic mass is 16.4. The van der Waals surface area contributed by atoms with Crippen molar-refractivity contribution in [3.63, 3.8) is 0 Å². The number of amides is 1. The highest BCUT2D eigenvalue weighted by Crippen LogP contribution is 2.34. The lowest BCUT2D eigenvalue weighted by atomic mass is 9.83. The molecule has 0 radical (unpaired) electrons. The first-order valence-electron chi connectivity index (χ1n) is 9.75. The second-order valence-electron chi connectivity index (χ2n) is 8.23. The largest absolute Gasteiger partial charge is 0.480 e. The van der Waals surface area contributed by atoms with Crippen LogP contribution in [0.5, 0.6) is 0 Å². The first kappa shape index (κ1) is 18.9. The quantitative estimate of drug-likeness (QED) is 0.712. The van der Waals surface area contributed by atoms with Gasteiger partial charge in [0.2, 0.25) is 5.91 Å². The van der Waals surface area contributed by atoms with Gasteiger partial charge in [-0.25, -0.2) is 0 Å². The van der Waals surface area contributed by atoms with Gasteiger partial charge in [0.05, 0.1) is 12.5 Å². The average molecular weight is 358 g/mol. The lowest BCUT2D eigenvalue weighted by molar-refractivity contribution is -0.140. The molecule has 2 N–H and O–H groups in total. The number of aliphatic carboxylic acids is 1. The van der Waals surface area contributed by atoms with Crippen LogP contribution in [0.2, 0.25) is 0 Å². The first-order chi connectivity index (χ1) is 12.4. The number of rotatable bonds is 9. The Kier molecular flexibility index (Phi) is 5.97. The van der Waals surface area contributed by atoms with Crippen LogP contribution in [0.15, 0.2) is 30.3 Å². The summed E-state index contributed by atoms with van der Waals surface area (Å²) in [5.74, 6) is 0.0820. The van der Waals surface area contributed by atoms with Crippen molar-refractivity contribution in [2.75, 3.05) is 13.1 Å². The molecular weight excluding hydrogens is 328 g/mol. The number of benzene rings is 1. The Bertz CT molecular complexity index is 621. The van der Waals surface area contributed by atoms with Gasteiger partial charge >= 0.3 is 5.97 Å². The van der Waals surface area contributed by atoms with Crippen LogP contribution in [-0.4, -0.2) is 47.1 Å². The van der Waals surface area contributed by atoms with Crippen molar-refractivity contribution in [1.82, 2.24) is 10.2 Å². The highest BCUT2D eigenvalue weighted by molar-refractivity contribution is 5.84. The zero-order valence-corrected chi connectivity index (χ0v) is 15.7. The minimum atomic E-state index is -0.762. The Balaban J connectivity index is 1.53. The number of carbonyl (C=O) groups is 2. The molecule has 1 unspecified atom stereocenters. The molecule has 1 aromatic rings. The minimum Gasteiger partial charge on any atom is -0.480 e. The van der Waals surface area contributed by atoms with E-state index in [0.29, 0.717) is 5.92 Å². The van der Waals surface area contributed by atoms with Crippen molar-refractivity contribution in [1.29, 1.82) is 0 Å². The number of hydrogen-bond acceptors (Lipinski definition) is 3. The summed E-state index contributed by atoms with van der Waals surface area (Å²) in [5, 5.41) is 12.3. The minimum absolute atomic E-state index is 0.0848. The molecule has 5 nitrogen and oxygen atoms in total. The van der Waals surface area contributed by atoms with Gasteiger partial charge in [-0.3, -0.25) is 14.5 Å². The SMILES string of the molecule is CC(C)C(C(=O)NC1CC(N(CC(=O)O)CC2CC2)C1)c1ccccc1. The van der Waals surface area contributed by atoms with Crippen molar-refractivity contribution in [2.45, 2.75) is 57.5 Å². The summed E-state index contributed by atoms with van der Waals surface area (Å²) in [7, 11) is 0. The number of carboxylic acid groups (broad SMARTS) is 1. The molecule has 2 saturated carbocycles. The van der Waals surface area contributed by atoms with Crippen LogP contribution < -0.4 is 5.32 Å². The second kappa shape index (κ2) is 8.21. The highest BCUT2D eigenvalue weighted by Gasteiger charge is 2.38. The van der Waals surface area contributed by atoms with E-state index in [9.17, 15) is 9.59 Å². The molecule has 26 heavy (non-hydrogen) atoms. The monoisotopic (exact) mass is 358 g/mol. The van der Waals surface area contributed by atoms with Gasteiger partial charge in [0, 0.05) is 18.6 Å². The van der Waals surface area contributed by atoms with E-state index >= 15 is 0 Å². The molecular formula is C21H30N2O3. The van der Waals surface area contributed by atoms with E-state index < -0.39 is 5.97 Å². The number of nitrogens with zero attached hydrogens (tertiary/aromatic N) is 1. The summed E-state index contributed by atoms with van der Waals surface area (Å²) >= 11 is 0. The van der Waals surface area contributed by atoms with Gasteiger partial charge in [-0.1, -0.05) is 44.2 Å². The number of hydrogen-bond donors (Lipinski definition) is 2. The molecule has 2 fully saturated rings. The van der Waals surface area contributed by atoms with E-state index in [2.05, 4.69) is 24.1 Å². The van der Waals surface area contributed by atoms with Crippen LogP contribution in [-0.2, 0) is 9.59 Å². The number of carboxylic acids is 1. The van der Waals surface area contributed by atoms with Crippen LogP contribution in [0.4, 0.5) is 0 Å². The van der Waals surface area contributed by atoms with Crippen LogP contribution in [0.3, 0.4) is 0 Å². The third-order valence-electron chi connectivity index (χ3n) is 5.61. The van der Waals surface area contributed by atoms with Gasteiger partial charge in [-0.05, 0) is 43.1 Å². The maximum Gasteiger partial charge on any atom is 0.317 e. The molecule has 2 aliphatic carbocycles. The number of nitrogens with one attached hydrogen (secondary N) is 1. The van der Waals surface area contributed by atoms with Crippen molar-refractivity contribution >= 4 is 11.9 Å². The molecule has 1 aromatic carbocycles. The molecule has 1 atom stereocenters. The van der Waals surface area contributed by atoms with Gasteiger partial charge in [-0.15, -0.1) is 0 Å². The molecule has 142 valence electrons. The molecule has 0 aliphatic heterocycles. The van der Waals surface area contributed by atoms with E-state index in [1.807, 2.05) is 30.3 Å². The molecule has 1 amide bonds. The van der Waals surface area contributed by atoms with E-state index in [4.69, 9.17) is 5.11 Å². The Labute approximate surface area is 155 Å².